The predicted molar refractivity (Wildman–Crippen MR) is 193 cm³/mol. The van der Waals surface area contributed by atoms with Crippen molar-refractivity contribution < 1.29 is 0 Å². The van der Waals surface area contributed by atoms with E-state index in [9.17, 15) is 5.26 Å². The molecule has 10 heteroatoms. The first-order chi connectivity index (χ1) is 21.7. The highest BCUT2D eigenvalue weighted by Gasteiger charge is 2.16. The van der Waals surface area contributed by atoms with Crippen LogP contribution in [-0.2, 0) is 13.1 Å². The van der Waals surface area contributed by atoms with Crippen molar-refractivity contribution in [2.24, 2.45) is 0 Å². The second kappa shape index (κ2) is 15.3. The normalized spacial score (nSPS) is 11.5. The van der Waals surface area contributed by atoms with Gasteiger partial charge in [0.05, 0.1) is 27.5 Å². The molecule has 5 rings (SSSR count). The fraction of sp³-hybridized carbons (Fsp3) is 0.314. The highest BCUT2D eigenvalue weighted by molar-refractivity contribution is 7.10. The smallest absolute Gasteiger partial charge is 0.103 e. The van der Waals surface area contributed by atoms with Crippen molar-refractivity contribution in [2.45, 2.75) is 20.0 Å². The number of nitriles is 1. The molecule has 3 heterocycles. The Morgan fingerprint density at radius 2 is 1.42 bits per heavy atom. The van der Waals surface area contributed by atoms with Gasteiger partial charge in [-0.15, -0.1) is 22.7 Å². The SMILES string of the molecule is Cc1cc(-c2csc(CNCCN(C)C)c2)cc(Cl)c1Nc1c(C#N)cnc2cc(-c3csc(CNCCN(C)C)c3)ccc12. The van der Waals surface area contributed by atoms with Crippen LogP contribution in [-0.4, -0.2) is 69.2 Å². The van der Waals surface area contributed by atoms with Crippen LogP contribution in [0.3, 0.4) is 0 Å². The number of benzene rings is 2. The van der Waals surface area contributed by atoms with E-state index in [4.69, 9.17) is 11.6 Å². The largest absolute Gasteiger partial charge is 0.352 e. The Bertz CT molecular complexity index is 1780. The number of aryl methyl sites for hydroxylation is 1. The van der Waals surface area contributed by atoms with E-state index in [0.29, 0.717) is 16.3 Å². The number of rotatable bonds is 14. The van der Waals surface area contributed by atoms with Crippen molar-refractivity contribution in [3.8, 4) is 28.3 Å². The molecule has 3 aromatic heterocycles. The topological polar surface area (TPSA) is 79.2 Å². The Balaban J connectivity index is 1.35. The van der Waals surface area contributed by atoms with Crippen LogP contribution in [0.1, 0.15) is 20.9 Å². The zero-order valence-corrected chi connectivity index (χ0v) is 28.9. The lowest BCUT2D eigenvalue weighted by atomic mass is 10.0. The number of nitrogens with zero attached hydrogens (tertiary/aromatic N) is 4. The van der Waals surface area contributed by atoms with E-state index in [1.807, 2.05) is 19.1 Å². The molecule has 5 aromatic rings. The van der Waals surface area contributed by atoms with E-state index >= 15 is 0 Å². The molecule has 45 heavy (non-hydrogen) atoms. The average molecular weight is 658 g/mol. The summed E-state index contributed by atoms with van der Waals surface area (Å²) >= 11 is 10.4. The summed E-state index contributed by atoms with van der Waals surface area (Å²) in [5.74, 6) is 0. The van der Waals surface area contributed by atoms with E-state index in [-0.39, 0.29) is 0 Å². The van der Waals surface area contributed by atoms with Gasteiger partial charge >= 0.3 is 0 Å². The molecule has 234 valence electrons. The number of hydrogen-bond donors (Lipinski definition) is 3. The third-order valence-corrected chi connectivity index (χ3v) is 9.74. The summed E-state index contributed by atoms with van der Waals surface area (Å²) in [6.45, 7) is 7.67. The van der Waals surface area contributed by atoms with Crippen molar-refractivity contribution in [3.05, 3.63) is 85.3 Å². The number of hydrogen-bond acceptors (Lipinski definition) is 9. The van der Waals surface area contributed by atoms with Gasteiger partial charge in [-0.25, -0.2) is 0 Å². The van der Waals surface area contributed by atoms with E-state index in [2.05, 4.69) is 106 Å². The van der Waals surface area contributed by atoms with Crippen LogP contribution >= 0.6 is 34.3 Å². The summed E-state index contributed by atoms with van der Waals surface area (Å²) in [6.07, 6.45) is 1.64. The summed E-state index contributed by atoms with van der Waals surface area (Å²) in [4.78, 5) is 11.6. The van der Waals surface area contributed by atoms with E-state index in [1.165, 1.54) is 15.3 Å². The van der Waals surface area contributed by atoms with Crippen LogP contribution < -0.4 is 16.0 Å². The zero-order valence-electron chi connectivity index (χ0n) is 26.5. The van der Waals surface area contributed by atoms with Gasteiger partial charge in [-0.3, -0.25) is 4.98 Å². The Morgan fingerprint density at radius 1 is 0.800 bits per heavy atom. The molecule has 0 radical (unpaired) electrons. The quantitative estimate of drug-likeness (QED) is 0.106. The maximum absolute atomic E-state index is 9.97. The Kier molecular flexibility index (Phi) is 11.2. The third-order valence-electron chi connectivity index (χ3n) is 7.57. The van der Waals surface area contributed by atoms with Gasteiger partial charge in [-0.1, -0.05) is 23.7 Å². The third kappa shape index (κ3) is 8.48. The van der Waals surface area contributed by atoms with Crippen LogP contribution in [0.25, 0.3) is 33.2 Å². The molecule has 0 fully saturated rings. The predicted octanol–water partition coefficient (Wildman–Crippen LogP) is 7.57. The minimum Gasteiger partial charge on any atom is -0.352 e. The maximum Gasteiger partial charge on any atom is 0.103 e. The molecule has 7 nitrogen and oxygen atoms in total. The van der Waals surface area contributed by atoms with Crippen molar-refractivity contribution in [3.63, 3.8) is 0 Å². The van der Waals surface area contributed by atoms with Crippen molar-refractivity contribution in [1.82, 2.24) is 25.4 Å². The lowest BCUT2D eigenvalue weighted by Crippen LogP contribution is -2.25. The maximum atomic E-state index is 9.97. The second-order valence-corrected chi connectivity index (χ2v) is 14.1. The molecule has 0 saturated heterocycles. The van der Waals surface area contributed by atoms with Gasteiger partial charge in [0.1, 0.15) is 6.07 Å². The molecule has 0 amide bonds. The first-order valence-corrected chi connectivity index (χ1v) is 17.1. The fourth-order valence-corrected chi connectivity index (χ4v) is 7.10. The molecule has 0 spiro atoms. The molecular formula is C35H40ClN7S2. The Labute approximate surface area is 279 Å². The first kappa shape index (κ1) is 33.0. The summed E-state index contributed by atoms with van der Waals surface area (Å²) in [7, 11) is 8.33. The van der Waals surface area contributed by atoms with Gasteiger partial charge in [-0.05, 0) is 104 Å². The molecule has 0 unspecified atom stereocenters. The number of thiophene rings is 2. The van der Waals surface area contributed by atoms with Crippen LogP contribution in [0.2, 0.25) is 5.02 Å². The van der Waals surface area contributed by atoms with Crippen molar-refractivity contribution in [1.29, 1.82) is 5.26 Å². The number of aromatic nitrogens is 1. The molecule has 0 aliphatic rings. The van der Waals surface area contributed by atoms with Gasteiger partial charge in [0.25, 0.3) is 0 Å². The minimum absolute atomic E-state index is 0.473. The van der Waals surface area contributed by atoms with Gasteiger partial charge in [-0.2, -0.15) is 5.26 Å². The average Bonchev–Trinajstić information content (AvgIpc) is 3.69. The molecule has 0 bridgehead atoms. The van der Waals surface area contributed by atoms with E-state index in [0.717, 1.165) is 78.1 Å². The number of halogens is 1. The standard InChI is InChI=1S/C35H40ClN7S2/c1-23-12-25(27-14-30(45-22-27)20-39-9-11-43(4)5)15-32(36)34(23)41-35-28(17-37)18-40-33-16-24(6-7-31(33)35)26-13-29(44-21-26)19-38-8-10-42(2)3/h6-7,12-16,18,21-22,38-39H,8-11,19-20H2,1-5H3,(H,40,41). The Morgan fingerprint density at radius 3 is 2.00 bits per heavy atom. The fourth-order valence-electron chi connectivity index (χ4n) is 5.06. The van der Waals surface area contributed by atoms with Crippen LogP contribution in [0.5, 0.6) is 0 Å². The molecule has 0 atom stereocenters. The highest BCUT2D eigenvalue weighted by atomic mass is 35.5. The van der Waals surface area contributed by atoms with Gasteiger partial charge in [0.15, 0.2) is 0 Å². The number of likely N-dealkylation sites (N-methyl/N-ethyl adjacent to an activating group) is 2. The number of nitrogens with one attached hydrogen (secondary N) is 3. The lowest BCUT2D eigenvalue weighted by molar-refractivity contribution is 0.400. The van der Waals surface area contributed by atoms with Crippen molar-refractivity contribution >= 4 is 56.6 Å². The molecular weight excluding hydrogens is 618 g/mol. The Hall–Kier alpha value is -3.33. The number of fused-ring (bicyclic) bond motifs is 1. The highest BCUT2D eigenvalue weighted by Crippen LogP contribution is 2.39. The summed E-state index contributed by atoms with van der Waals surface area (Å²) in [5, 5.41) is 26.4. The summed E-state index contributed by atoms with van der Waals surface area (Å²) in [6, 6.07) is 17.2. The van der Waals surface area contributed by atoms with Crippen LogP contribution in [0, 0.1) is 18.3 Å². The van der Waals surface area contributed by atoms with Crippen LogP contribution in [0.4, 0.5) is 11.4 Å². The molecule has 0 saturated carbocycles. The summed E-state index contributed by atoms with van der Waals surface area (Å²) < 4.78 is 0. The molecule has 2 aromatic carbocycles. The molecule has 3 N–H and O–H groups in total. The monoisotopic (exact) mass is 657 g/mol. The summed E-state index contributed by atoms with van der Waals surface area (Å²) in [5.41, 5.74) is 8.30. The van der Waals surface area contributed by atoms with E-state index in [1.54, 1.807) is 28.9 Å². The first-order valence-electron chi connectivity index (χ1n) is 15.0. The van der Waals surface area contributed by atoms with Gasteiger partial charge in [0.2, 0.25) is 0 Å². The van der Waals surface area contributed by atoms with Crippen molar-refractivity contribution in [2.75, 3.05) is 59.7 Å². The zero-order chi connectivity index (χ0) is 31.9. The van der Waals surface area contributed by atoms with Gasteiger partial charge < -0.3 is 25.8 Å². The second-order valence-electron chi connectivity index (χ2n) is 11.7. The lowest BCUT2D eigenvalue weighted by Gasteiger charge is -2.16. The van der Waals surface area contributed by atoms with E-state index < -0.39 is 0 Å². The van der Waals surface area contributed by atoms with Crippen LogP contribution in [0.15, 0.2) is 59.4 Å². The molecule has 0 aliphatic carbocycles. The number of anilines is 2. The number of pyridine rings is 1. The molecule has 0 aliphatic heterocycles. The minimum atomic E-state index is 0.473. The van der Waals surface area contributed by atoms with Gasteiger partial charge in [0, 0.05) is 60.6 Å².